The van der Waals surface area contributed by atoms with Gasteiger partial charge in [0.1, 0.15) is 17.1 Å². The number of amides is 2. The number of carbonyl (C=O) groups is 2. The first-order valence-electron chi connectivity index (χ1n) is 9.98. The Balaban J connectivity index is 1.56. The predicted molar refractivity (Wildman–Crippen MR) is 116 cm³/mol. The lowest BCUT2D eigenvalue weighted by Crippen LogP contribution is -2.43. The molecule has 1 aliphatic rings. The molecule has 1 aromatic carbocycles. The Hall–Kier alpha value is -3.27. The largest absolute Gasteiger partial charge is 0.341 e. The molecule has 8 nitrogen and oxygen atoms in total. The van der Waals surface area contributed by atoms with Crippen LogP contribution in [0, 0.1) is 5.82 Å². The lowest BCUT2D eigenvalue weighted by Gasteiger charge is -2.17. The van der Waals surface area contributed by atoms with Crippen LogP contribution in [-0.2, 0) is 22.7 Å². The van der Waals surface area contributed by atoms with Crippen LogP contribution in [0.15, 0.2) is 45.3 Å². The molecule has 2 amide bonds. The van der Waals surface area contributed by atoms with Crippen molar-refractivity contribution < 1.29 is 14.0 Å². The van der Waals surface area contributed by atoms with Gasteiger partial charge in [0.15, 0.2) is 0 Å². The van der Waals surface area contributed by atoms with Gasteiger partial charge in [-0.1, -0.05) is 0 Å². The molecule has 1 N–H and O–H groups in total. The number of rotatable bonds is 6. The number of benzene rings is 1. The topological polar surface area (TPSA) is 93.4 Å². The molecule has 3 heterocycles. The Kier molecular flexibility index (Phi) is 5.99. The van der Waals surface area contributed by atoms with Crippen molar-refractivity contribution in [3.8, 4) is 0 Å². The van der Waals surface area contributed by atoms with Gasteiger partial charge in [-0.2, -0.15) is 0 Å². The Morgan fingerprint density at radius 3 is 2.45 bits per heavy atom. The zero-order valence-electron chi connectivity index (χ0n) is 16.7. The van der Waals surface area contributed by atoms with Crippen LogP contribution in [-0.4, -0.2) is 38.9 Å². The molecule has 0 atom stereocenters. The molecule has 0 spiro atoms. The van der Waals surface area contributed by atoms with E-state index in [0.717, 1.165) is 17.4 Å². The molecule has 0 radical (unpaired) electrons. The number of thiophene rings is 1. The standard InChI is InChI=1S/C21H21FN4O4S/c22-14-3-5-15(6-4-14)23-17(27)7-11-25-20(29)19-16(8-12-31-19)26(21(25)30)13-18(28)24-9-1-2-10-24/h3-6,8,12H,1-2,7,9-11,13H2,(H,23,27). The minimum absolute atomic E-state index is 0.122. The molecular formula is C21H21FN4O4S. The van der Waals surface area contributed by atoms with Gasteiger partial charge in [-0.05, 0) is 48.6 Å². The van der Waals surface area contributed by atoms with Crippen LogP contribution in [0.3, 0.4) is 0 Å². The van der Waals surface area contributed by atoms with Gasteiger partial charge in [0.2, 0.25) is 11.8 Å². The summed E-state index contributed by atoms with van der Waals surface area (Å²) in [6.07, 6.45) is 1.76. The highest BCUT2D eigenvalue weighted by molar-refractivity contribution is 7.17. The first kappa shape index (κ1) is 21.0. The lowest BCUT2D eigenvalue weighted by atomic mass is 10.3. The zero-order chi connectivity index (χ0) is 22.0. The van der Waals surface area contributed by atoms with E-state index in [0.29, 0.717) is 29.0 Å². The van der Waals surface area contributed by atoms with Crippen molar-refractivity contribution in [1.82, 2.24) is 14.0 Å². The molecule has 4 rings (SSSR count). The summed E-state index contributed by atoms with van der Waals surface area (Å²) in [5.41, 5.74) is -0.242. The summed E-state index contributed by atoms with van der Waals surface area (Å²) in [4.78, 5) is 52.4. The molecule has 3 aromatic rings. The fraction of sp³-hybridized carbons (Fsp3) is 0.333. The Morgan fingerprint density at radius 1 is 1.03 bits per heavy atom. The molecule has 0 unspecified atom stereocenters. The molecular weight excluding hydrogens is 423 g/mol. The Bertz CT molecular complexity index is 1240. The van der Waals surface area contributed by atoms with E-state index >= 15 is 0 Å². The number of anilines is 1. The first-order chi connectivity index (χ1) is 14.9. The van der Waals surface area contributed by atoms with Gasteiger partial charge in [-0.3, -0.25) is 23.5 Å². The van der Waals surface area contributed by atoms with Crippen LogP contribution in [0.25, 0.3) is 10.2 Å². The van der Waals surface area contributed by atoms with E-state index in [-0.39, 0.29) is 25.4 Å². The van der Waals surface area contributed by atoms with E-state index in [9.17, 15) is 23.6 Å². The van der Waals surface area contributed by atoms with Crippen LogP contribution in [0.1, 0.15) is 19.3 Å². The van der Waals surface area contributed by atoms with Crippen molar-refractivity contribution in [3.05, 3.63) is 62.4 Å². The summed E-state index contributed by atoms with van der Waals surface area (Å²) in [6, 6.07) is 6.95. The number of nitrogens with one attached hydrogen (secondary N) is 1. The smallest absolute Gasteiger partial charge is 0.332 e. The fourth-order valence-electron chi connectivity index (χ4n) is 3.66. The van der Waals surface area contributed by atoms with Gasteiger partial charge in [-0.15, -0.1) is 11.3 Å². The van der Waals surface area contributed by atoms with Gasteiger partial charge in [0.05, 0.1) is 5.52 Å². The van der Waals surface area contributed by atoms with Gasteiger partial charge < -0.3 is 10.2 Å². The van der Waals surface area contributed by atoms with Gasteiger partial charge in [0.25, 0.3) is 5.56 Å². The third kappa shape index (κ3) is 4.43. The van der Waals surface area contributed by atoms with Gasteiger partial charge >= 0.3 is 5.69 Å². The van der Waals surface area contributed by atoms with Crippen molar-refractivity contribution in [2.24, 2.45) is 0 Å². The van der Waals surface area contributed by atoms with E-state index < -0.39 is 23.0 Å². The van der Waals surface area contributed by atoms with E-state index in [2.05, 4.69) is 5.32 Å². The van der Waals surface area contributed by atoms with Crippen LogP contribution in [0.2, 0.25) is 0 Å². The number of halogens is 1. The molecule has 1 saturated heterocycles. The highest BCUT2D eigenvalue weighted by Crippen LogP contribution is 2.16. The van der Waals surface area contributed by atoms with Crippen LogP contribution >= 0.6 is 11.3 Å². The van der Waals surface area contributed by atoms with Crippen LogP contribution < -0.4 is 16.6 Å². The summed E-state index contributed by atoms with van der Waals surface area (Å²) in [5.74, 6) is -0.993. The number of fused-ring (bicyclic) bond motifs is 1. The summed E-state index contributed by atoms with van der Waals surface area (Å²) in [7, 11) is 0. The highest BCUT2D eigenvalue weighted by atomic mass is 32.1. The van der Waals surface area contributed by atoms with Crippen LogP contribution in [0.4, 0.5) is 10.1 Å². The quantitative estimate of drug-likeness (QED) is 0.630. The third-order valence-electron chi connectivity index (χ3n) is 5.28. The van der Waals surface area contributed by atoms with Crippen molar-refractivity contribution in [1.29, 1.82) is 0 Å². The maximum absolute atomic E-state index is 13.0. The second-order valence-corrected chi connectivity index (χ2v) is 8.27. The summed E-state index contributed by atoms with van der Waals surface area (Å²) >= 11 is 1.19. The minimum Gasteiger partial charge on any atom is -0.341 e. The van der Waals surface area contributed by atoms with Crippen molar-refractivity contribution >= 4 is 39.1 Å². The number of aromatic nitrogens is 2. The monoisotopic (exact) mass is 444 g/mol. The molecule has 0 bridgehead atoms. The summed E-state index contributed by atoms with van der Waals surface area (Å²) in [6.45, 7) is 1.07. The Labute approximate surface area is 180 Å². The van der Waals surface area contributed by atoms with Gasteiger partial charge in [-0.25, -0.2) is 9.18 Å². The average Bonchev–Trinajstić information content (AvgIpc) is 3.45. The Morgan fingerprint density at radius 2 is 1.74 bits per heavy atom. The number of carbonyl (C=O) groups excluding carboxylic acids is 2. The van der Waals surface area contributed by atoms with Crippen molar-refractivity contribution in [2.45, 2.75) is 32.4 Å². The minimum atomic E-state index is -0.613. The molecule has 0 aliphatic carbocycles. The molecule has 1 fully saturated rings. The molecule has 2 aromatic heterocycles. The number of nitrogens with zero attached hydrogens (tertiary/aromatic N) is 3. The normalized spacial score (nSPS) is 13.6. The molecule has 0 saturated carbocycles. The third-order valence-corrected chi connectivity index (χ3v) is 6.17. The molecule has 10 heteroatoms. The van der Waals surface area contributed by atoms with E-state index in [1.165, 1.54) is 40.2 Å². The van der Waals surface area contributed by atoms with Crippen LogP contribution in [0.5, 0.6) is 0 Å². The fourth-order valence-corrected chi connectivity index (χ4v) is 4.50. The average molecular weight is 444 g/mol. The van der Waals surface area contributed by atoms with E-state index in [1.807, 2.05) is 0 Å². The van der Waals surface area contributed by atoms with Gasteiger partial charge in [0, 0.05) is 31.7 Å². The number of hydrogen-bond donors (Lipinski definition) is 1. The van der Waals surface area contributed by atoms with Crippen molar-refractivity contribution in [3.63, 3.8) is 0 Å². The number of likely N-dealkylation sites (tertiary alicyclic amines) is 1. The second kappa shape index (κ2) is 8.84. The van der Waals surface area contributed by atoms with Crippen molar-refractivity contribution in [2.75, 3.05) is 18.4 Å². The second-order valence-electron chi connectivity index (χ2n) is 7.35. The molecule has 1 aliphatic heterocycles. The highest BCUT2D eigenvalue weighted by Gasteiger charge is 2.22. The maximum atomic E-state index is 13.0. The summed E-state index contributed by atoms with van der Waals surface area (Å²) in [5, 5.41) is 4.31. The van der Waals surface area contributed by atoms with E-state index in [1.54, 1.807) is 16.3 Å². The zero-order valence-corrected chi connectivity index (χ0v) is 17.5. The molecule has 162 valence electrons. The predicted octanol–water partition coefficient (Wildman–Crippen LogP) is 2.01. The molecule has 31 heavy (non-hydrogen) atoms. The first-order valence-corrected chi connectivity index (χ1v) is 10.9. The van der Waals surface area contributed by atoms with E-state index in [4.69, 9.17) is 0 Å². The lowest BCUT2D eigenvalue weighted by molar-refractivity contribution is -0.130. The summed E-state index contributed by atoms with van der Waals surface area (Å²) < 4.78 is 15.7. The number of hydrogen-bond acceptors (Lipinski definition) is 5. The maximum Gasteiger partial charge on any atom is 0.332 e. The SMILES string of the molecule is O=C(CCn1c(=O)c2sccc2n(CC(=O)N2CCCC2)c1=O)Nc1ccc(F)cc1.